The maximum Gasteiger partial charge on any atom is 0.407 e. The van der Waals surface area contributed by atoms with Crippen LogP contribution in [-0.4, -0.2) is 17.6 Å². The van der Waals surface area contributed by atoms with E-state index in [2.05, 4.69) is 22.1 Å². The lowest BCUT2D eigenvalue weighted by Crippen LogP contribution is -2.24. The monoisotopic (exact) mass is 305 g/mol. The number of hydrogen-bond acceptors (Lipinski definition) is 4. The summed E-state index contributed by atoms with van der Waals surface area (Å²) in [6, 6.07) is 14.7. The van der Waals surface area contributed by atoms with Crippen molar-refractivity contribution in [1.29, 1.82) is 5.26 Å². The molecule has 0 aliphatic heterocycles. The molecule has 1 N–H and O–H groups in total. The third-order valence-corrected chi connectivity index (χ3v) is 2.84. The van der Waals surface area contributed by atoms with Gasteiger partial charge in [-0.15, -0.1) is 0 Å². The van der Waals surface area contributed by atoms with Crippen molar-refractivity contribution in [3.63, 3.8) is 0 Å². The first kappa shape index (κ1) is 16.1. The molecule has 2 rings (SSSR count). The van der Waals surface area contributed by atoms with Gasteiger partial charge in [-0.25, -0.2) is 9.78 Å². The summed E-state index contributed by atoms with van der Waals surface area (Å²) in [7, 11) is 0. The molecule has 0 unspecified atom stereocenters. The number of aromatic nitrogens is 1. The molecule has 0 saturated heterocycles. The first-order chi connectivity index (χ1) is 11.3. The van der Waals surface area contributed by atoms with Gasteiger partial charge < -0.3 is 10.1 Å². The standard InChI is InChI=1S/C18H15N3O2/c19-13-16-9-11-20-17(12-16)8-4-5-10-21-18(22)23-14-15-6-2-1-3-7-15/h1-3,6-7,9,11-12H,5,10,14H2,(H,21,22). The highest BCUT2D eigenvalue weighted by Crippen LogP contribution is 2.00. The lowest BCUT2D eigenvalue weighted by Gasteiger charge is -2.05. The Bertz CT molecular complexity index is 755. The largest absolute Gasteiger partial charge is 0.445 e. The molecule has 5 nitrogen and oxygen atoms in total. The van der Waals surface area contributed by atoms with E-state index >= 15 is 0 Å². The lowest BCUT2D eigenvalue weighted by atomic mass is 10.2. The number of benzene rings is 1. The molecule has 0 aliphatic rings. The zero-order valence-corrected chi connectivity index (χ0v) is 12.5. The second-order valence-corrected chi connectivity index (χ2v) is 4.58. The molecule has 23 heavy (non-hydrogen) atoms. The Morgan fingerprint density at radius 2 is 2.09 bits per heavy atom. The molecule has 5 heteroatoms. The van der Waals surface area contributed by atoms with Crippen LogP contribution in [0.5, 0.6) is 0 Å². The van der Waals surface area contributed by atoms with Gasteiger partial charge >= 0.3 is 6.09 Å². The molecular weight excluding hydrogens is 290 g/mol. The topological polar surface area (TPSA) is 75.0 Å². The van der Waals surface area contributed by atoms with Crippen molar-refractivity contribution in [2.75, 3.05) is 6.54 Å². The van der Waals surface area contributed by atoms with Gasteiger partial charge in [0.25, 0.3) is 0 Å². The summed E-state index contributed by atoms with van der Waals surface area (Å²) in [6.07, 6.45) is 1.54. The Labute approximate surface area is 134 Å². The number of alkyl carbamates (subject to hydrolysis) is 1. The average molecular weight is 305 g/mol. The first-order valence-corrected chi connectivity index (χ1v) is 7.07. The van der Waals surface area contributed by atoms with Crippen molar-refractivity contribution in [2.24, 2.45) is 0 Å². The summed E-state index contributed by atoms with van der Waals surface area (Å²) in [6.45, 7) is 0.627. The maximum atomic E-state index is 11.5. The molecule has 0 atom stereocenters. The van der Waals surface area contributed by atoms with Crippen LogP contribution in [0.25, 0.3) is 0 Å². The molecule has 0 spiro atoms. The van der Waals surface area contributed by atoms with Gasteiger partial charge in [-0.3, -0.25) is 0 Å². The van der Waals surface area contributed by atoms with Gasteiger partial charge in [0.15, 0.2) is 0 Å². The molecular formula is C18H15N3O2. The third-order valence-electron chi connectivity index (χ3n) is 2.84. The van der Waals surface area contributed by atoms with E-state index in [0.717, 1.165) is 5.56 Å². The number of pyridine rings is 1. The van der Waals surface area contributed by atoms with Crippen LogP contribution in [0.3, 0.4) is 0 Å². The summed E-state index contributed by atoms with van der Waals surface area (Å²) in [5, 5.41) is 11.4. The number of carbonyl (C=O) groups is 1. The predicted molar refractivity (Wildman–Crippen MR) is 85.1 cm³/mol. The number of amides is 1. The third kappa shape index (κ3) is 5.91. The van der Waals surface area contributed by atoms with E-state index in [0.29, 0.717) is 24.2 Å². The number of hydrogen-bond donors (Lipinski definition) is 1. The fraction of sp³-hybridized carbons (Fsp3) is 0.167. The van der Waals surface area contributed by atoms with E-state index in [1.54, 1.807) is 18.3 Å². The summed E-state index contributed by atoms with van der Waals surface area (Å²) in [4.78, 5) is 15.5. The number of ether oxygens (including phenoxy) is 1. The minimum atomic E-state index is -0.472. The summed E-state index contributed by atoms with van der Waals surface area (Å²) < 4.78 is 5.08. The number of rotatable bonds is 4. The minimum Gasteiger partial charge on any atom is -0.445 e. The average Bonchev–Trinajstić information content (AvgIpc) is 2.61. The summed E-state index contributed by atoms with van der Waals surface area (Å²) >= 11 is 0. The highest BCUT2D eigenvalue weighted by atomic mass is 16.5. The van der Waals surface area contributed by atoms with Crippen LogP contribution in [0.1, 0.15) is 23.2 Å². The molecule has 0 fully saturated rings. The quantitative estimate of drug-likeness (QED) is 0.696. The number of nitriles is 1. The van der Waals surface area contributed by atoms with E-state index in [1.165, 1.54) is 0 Å². The zero-order valence-electron chi connectivity index (χ0n) is 12.5. The van der Waals surface area contributed by atoms with Crippen LogP contribution in [0.4, 0.5) is 4.79 Å². The molecule has 0 radical (unpaired) electrons. The number of nitrogens with one attached hydrogen (secondary N) is 1. The highest BCUT2D eigenvalue weighted by molar-refractivity contribution is 5.67. The molecule has 0 bridgehead atoms. The van der Waals surface area contributed by atoms with Gasteiger partial charge in [0.1, 0.15) is 12.3 Å². The minimum absolute atomic E-state index is 0.239. The Balaban J connectivity index is 1.68. The van der Waals surface area contributed by atoms with Crippen LogP contribution in [0.2, 0.25) is 0 Å². The fourth-order valence-electron chi connectivity index (χ4n) is 1.72. The summed E-state index contributed by atoms with van der Waals surface area (Å²) in [5.74, 6) is 5.74. The van der Waals surface area contributed by atoms with Crippen LogP contribution >= 0.6 is 0 Å². The predicted octanol–water partition coefficient (Wildman–Crippen LogP) is 2.62. The SMILES string of the molecule is N#Cc1ccnc(C#CCCNC(=O)OCc2ccccc2)c1. The first-order valence-electron chi connectivity index (χ1n) is 7.07. The van der Waals surface area contributed by atoms with Crippen molar-refractivity contribution in [3.05, 3.63) is 65.5 Å². The summed E-state index contributed by atoms with van der Waals surface area (Å²) in [5.41, 5.74) is 1.99. The van der Waals surface area contributed by atoms with Gasteiger partial charge in [0.2, 0.25) is 0 Å². The molecule has 1 amide bonds. The smallest absolute Gasteiger partial charge is 0.407 e. The van der Waals surface area contributed by atoms with Gasteiger partial charge in [0.05, 0.1) is 11.6 Å². The number of nitrogens with zero attached hydrogens (tertiary/aromatic N) is 2. The second kappa shape index (κ2) is 8.86. The van der Waals surface area contributed by atoms with E-state index in [1.807, 2.05) is 36.4 Å². The molecule has 114 valence electrons. The fourth-order valence-corrected chi connectivity index (χ4v) is 1.72. The van der Waals surface area contributed by atoms with Crippen molar-refractivity contribution in [2.45, 2.75) is 13.0 Å². The van der Waals surface area contributed by atoms with E-state index < -0.39 is 6.09 Å². The van der Waals surface area contributed by atoms with Crippen molar-refractivity contribution in [3.8, 4) is 17.9 Å². The normalized spacial score (nSPS) is 9.17. The van der Waals surface area contributed by atoms with Crippen LogP contribution < -0.4 is 5.32 Å². The Morgan fingerprint density at radius 3 is 2.87 bits per heavy atom. The lowest BCUT2D eigenvalue weighted by molar-refractivity contribution is 0.140. The Hall–Kier alpha value is -3.31. The zero-order chi connectivity index (χ0) is 16.3. The highest BCUT2D eigenvalue weighted by Gasteiger charge is 2.00. The number of carbonyl (C=O) groups excluding carboxylic acids is 1. The Morgan fingerprint density at radius 1 is 1.26 bits per heavy atom. The van der Waals surface area contributed by atoms with Gasteiger partial charge in [-0.1, -0.05) is 36.3 Å². The molecule has 1 aromatic carbocycles. The van der Waals surface area contributed by atoms with E-state index in [9.17, 15) is 4.79 Å². The molecule has 1 heterocycles. The molecule has 1 aromatic heterocycles. The maximum absolute atomic E-state index is 11.5. The van der Waals surface area contributed by atoms with Crippen LogP contribution in [0.15, 0.2) is 48.7 Å². The van der Waals surface area contributed by atoms with Gasteiger partial charge in [-0.2, -0.15) is 5.26 Å². The molecule has 0 saturated carbocycles. The van der Waals surface area contributed by atoms with E-state index in [-0.39, 0.29) is 6.61 Å². The molecule has 0 aliphatic carbocycles. The van der Waals surface area contributed by atoms with Crippen LogP contribution in [0, 0.1) is 23.2 Å². The van der Waals surface area contributed by atoms with E-state index in [4.69, 9.17) is 10.00 Å². The van der Waals surface area contributed by atoms with Crippen molar-refractivity contribution >= 4 is 6.09 Å². The second-order valence-electron chi connectivity index (χ2n) is 4.58. The van der Waals surface area contributed by atoms with Gasteiger partial charge in [-0.05, 0) is 23.6 Å². The van der Waals surface area contributed by atoms with Crippen molar-refractivity contribution in [1.82, 2.24) is 10.3 Å². The molecule has 2 aromatic rings. The Kier molecular flexibility index (Phi) is 6.19. The van der Waals surface area contributed by atoms with Crippen LogP contribution in [-0.2, 0) is 11.3 Å². The van der Waals surface area contributed by atoms with Gasteiger partial charge in [0, 0.05) is 19.2 Å². The van der Waals surface area contributed by atoms with Crippen molar-refractivity contribution < 1.29 is 9.53 Å².